The molecule has 2 aromatic carbocycles. The van der Waals surface area contributed by atoms with Crippen molar-refractivity contribution >= 4 is 0 Å². The highest BCUT2D eigenvalue weighted by molar-refractivity contribution is 5.64. The molecule has 0 spiro atoms. The van der Waals surface area contributed by atoms with Crippen molar-refractivity contribution in [1.29, 1.82) is 0 Å². The smallest absolute Gasteiger partial charge is 0.342 e. The lowest BCUT2D eigenvalue weighted by Gasteiger charge is -2.26. The van der Waals surface area contributed by atoms with Gasteiger partial charge in [-0.05, 0) is 47.7 Å². The molecule has 1 aliphatic rings. The number of benzene rings is 2. The first-order valence-corrected chi connectivity index (χ1v) is 8.98. The Balaban J connectivity index is 1.61. The average Bonchev–Trinajstić information content (AvgIpc) is 2.68. The number of alkyl halides is 3. The van der Waals surface area contributed by atoms with Crippen LogP contribution in [-0.4, -0.2) is 19.5 Å². The maximum absolute atomic E-state index is 12.6. The van der Waals surface area contributed by atoms with Crippen molar-refractivity contribution in [1.82, 2.24) is 0 Å². The van der Waals surface area contributed by atoms with Gasteiger partial charge in [-0.3, -0.25) is 0 Å². The van der Waals surface area contributed by atoms with E-state index >= 15 is 0 Å². The Morgan fingerprint density at radius 2 is 1.48 bits per heavy atom. The largest absolute Gasteiger partial charge is 0.416 e. The fourth-order valence-corrected chi connectivity index (χ4v) is 2.94. The van der Waals surface area contributed by atoms with E-state index in [9.17, 15) is 13.2 Å². The third-order valence-corrected chi connectivity index (χ3v) is 4.43. The molecule has 142 valence electrons. The third-order valence-electron chi connectivity index (χ3n) is 4.43. The molecule has 5 heteroatoms. The topological polar surface area (TPSA) is 18.5 Å². The van der Waals surface area contributed by atoms with Gasteiger partial charge in [-0.2, -0.15) is 13.2 Å². The normalized spacial score (nSPS) is 20.0. The summed E-state index contributed by atoms with van der Waals surface area (Å²) in [6.45, 7) is 3.47. The van der Waals surface area contributed by atoms with Gasteiger partial charge in [0.25, 0.3) is 0 Å². The van der Waals surface area contributed by atoms with Crippen LogP contribution in [0.15, 0.2) is 48.5 Å². The number of ether oxygens (including phenoxy) is 2. The first-order valence-electron chi connectivity index (χ1n) is 8.98. The predicted molar refractivity (Wildman–Crippen MR) is 97.8 cm³/mol. The molecule has 27 heavy (non-hydrogen) atoms. The van der Waals surface area contributed by atoms with Crippen LogP contribution in [0.5, 0.6) is 0 Å². The molecule has 0 saturated carbocycles. The van der Waals surface area contributed by atoms with E-state index in [1.54, 1.807) is 0 Å². The van der Waals surface area contributed by atoms with Gasteiger partial charge < -0.3 is 9.47 Å². The molecule has 3 rings (SSSR count). The molecule has 0 aliphatic carbocycles. The maximum Gasteiger partial charge on any atom is 0.416 e. The summed E-state index contributed by atoms with van der Waals surface area (Å²) >= 11 is 0. The summed E-state index contributed by atoms with van der Waals surface area (Å²) in [6, 6.07) is 12.5. The molecule has 1 heterocycles. The van der Waals surface area contributed by atoms with Crippen molar-refractivity contribution in [2.45, 2.75) is 32.2 Å². The highest BCUT2D eigenvalue weighted by Crippen LogP contribution is 2.31. The van der Waals surface area contributed by atoms with E-state index in [-0.39, 0.29) is 0 Å². The second kappa shape index (κ2) is 8.60. The van der Waals surface area contributed by atoms with Crippen LogP contribution in [0.1, 0.15) is 30.9 Å². The molecule has 1 aliphatic heterocycles. The second-order valence-electron chi connectivity index (χ2n) is 6.58. The summed E-state index contributed by atoms with van der Waals surface area (Å²) in [5.74, 6) is 6.43. The lowest BCUT2D eigenvalue weighted by molar-refractivity contribution is -0.170. The van der Waals surface area contributed by atoms with Gasteiger partial charge in [-0.25, -0.2) is 0 Å². The average molecular weight is 374 g/mol. The zero-order valence-corrected chi connectivity index (χ0v) is 15.1. The summed E-state index contributed by atoms with van der Waals surface area (Å²) in [5, 5.41) is 0. The van der Waals surface area contributed by atoms with Gasteiger partial charge in [0.1, 0.15) is 0 Å². The molecule has 0 bridgehead atoms. The standard InChI is InChI=1S/C22H21F3O2/c1-2-3-17-14-26-21(27-15-17)13-6-16-4-7-18(8-5-16)19-9-11-20(12-10-19)22(23,24)25/h4-5,7-12,17,21H,2-3,14-15H2,1H3/t17-,21-. The van der Waals surface area contributed by atoms with Gasteiger partial charge in [-0.15, -0.1) is 0 Å². The highest BCUT2D eigenvalue weighted by atomic mass is 19.4. The quantitative estimate of drug-likeness (QED) is 0.659. The van der Waals surface area contributed by atoms with Crippen molar-refractivity contribution in [3.05, 3.63) is 59.7 Å². The Kier molecular flexibility index (Phi) is 6.20. The highest BCUT2D eigenvalue weighted by Gasteiger charge is 2.29. The van der Waals surface area contributed by atoms with E-state index in [1.165, 1.54) is 12.1 Å². The molecule has 0 radical (unpaired) electrons. The lowest BCUT2D eigenvalue weighted by atomic mass is 10.0. The van der Waals surface area contributed by atoms with Crippen LogP contribution in [0.3, 0.4) is 0 Å². The van der Waals surface area contributed by atoms with Crippen molar-refractivity contribution in [2.24, 2.45) is 5.92 Å². The van der Waals surface area contributed by atoms with Gasteiger partial charge in [0.2, 0.25) is 6.29 Å². The van der Waals surface area contributed by atoms with Crippen LogP contribution < -0.4 is 0 Å². The fourth-order valence-electron chi connectivity index (χ4n) is 2.94. The Labute approximate surface area is 157 Å². The first kappa shape index (κ1) is 19.5. The summed E-state index contributed by atoms with van der Waals surface area (Å²) < 4.78 is 49.1. The van der Waals surface area contributed by atoms with Crippen LogP contribution in [0.4, 0.5) is 13.2 Å². The summed E-state index contributed by atoms with van der Waals surface area (Å²) in [7, 11) is 0. The lowest BCUT2D eigenvalue weighted by Crippen LogP contribution is -2.31. The van der Waals surface area contributed by atoms with Crippen LogP contribution in [0, 0.1) is 17.8 Å². The van der Waals surface area contributed by atoms with E-state index in [0.29, 0.717) is 19.1 Å². The van der Waals surface area contributed by atoms with Gasteiger partial charge >= 0.3 is 6.18 Å². The van der Waals surface area contributed by atoms with Crippen LogP contribution >= 0.6 is 0 Å². The van der Waals surface area contributed by atoms with Crippen LogP contribution in [0.25, 0.3) is 11.1 Å². The number of hydrogen-bond acceptors (Lipinski definition) is 2. The molecule has 1 fully saturated rings. The molecule has 2 aromatic rings. The minimum atomic E-state index is -4.32. The maximum atomic E-state index is 12.6. The molecule has 0 aromatic heterocycles. The molecule has 2 nitrogen and oxygen atoms in total. The molecule has 0 N–H and O–H groups in total. The number of rotatable bonds is 3. The Morgan fingerprint density at radius 1 is 0.926 bits per heavy atom. The molecule has 0 amide bonds. The Hall–Kier alpha value is -2.29. The van der Waals surface area contributed by atoms with Crippen LogP contribution in [-0.2, 0) is 15.7 Å². The predicted octanol–water partition coefficient (Wildman–Crippen LogP) is 5.51. The number of halogens is 3. The SMILES string of the molecule is CCC[C@H]1CO[C@H](C#Cc2ccc(-c3ccc(C(F)(F)F)cc3)cc2)OC1. The second-order valence-corrected chi connectivity index (χ2v) is 6.58. The first-order chi connectivity index (χ1) is 13.0. The van der Waals surface area contributed by atoms with Gasteiger partial charge in [0.05, 0.1) is 18.8 Å². The third kappa shape index (κ3) is 5.35. The van der Waals surface area contributed by atoms with E-state index < -0.39 is 18.0 Å². The molecule has 1 saturated heterocycles. The number of hydrogen-bond donors (Lipinski definition) is 0. The Bertz CT molecular complexity index is 791. The molecular formula is C22H21F3O2. The summed E-state index contributed by atoms with van der Waals surface area (Å²) in [6.07, 6.45) is -2.63. The van der Waals surface area contributed by atoms with E-state index in [0.717, 1.165) is 41.7 Å². The molecular weight excluding hydrogens is 353 g/mol. The van der Waals surface area contributed by atoms with Gasteiger partial charge in [0.15, 0.2) is 0 Å². The Morgan fingerprint density at radius 3 is 2.00 bits per heavy atom. The van der Waals surface area contributed by atoms with E-state index in [4.69, 9.17) is 9.47 Å². The van der Waals surface area contributed by atoms with Crippen molar-refractivity contribution < 1.29 is 22.6 Å². The monoisotopic (exact) mass is 374 g/mol. The van der Waals surface area contributed by atoms with Crippen LogP contribution in [0.2, 0.25) is 0 Å². The summed E-state index contributed by atoms with van der Waals surface area (Å²) in [5.41, 5.74) is 1.71. The minimum Gasteiger partial charge on any atom is -0.342 e. The minimum absolute atomic E-state index is 0.441. The van der Waals surface area contributed by atoms with E-state index in [2.05, 4.69) is 18.8 Å². The zero-order valence-electron chi connectivity index (χ0n) is 15.1. The fraction of sp³-hybridized carbons (Fsp3) is 0.364. The van der Waals surface area contributed by atoms with Crippen molar-refractivity contribution in [2.75, 3.05) is 13.2 Å². The van der Waals surface area contributed by atoms with Crippen molar-refractivity contribution in [3.8, 4) is 23.0 Å². The molecule has 0 atom stereocenters. The van der Waals surface area contributed by atoms with E-state index in [1.807, 2.05) is 24.3 Å². The van der Waals surface area contributed by atoms with Gasteiger partial charge in [-0.1, -0.05) is 43.5 Å². The zero-order chi connectivity index (χ0) is 19.3. The summed E-state index contributed by atoms with van der Waals surface area (Å²) in [4.78, 5) is 0. The van der Waals surface area contributed by atoms with Crippen molar-refractivity contribution in [3.63, 3.8) is 0 Å². The van der Waals surface area contributed by atoms with Gasteiger partial charge in [0, 0.05) is 11.5 Å². The molecule has 0 unspecified atom stereocenters.